The minimum absolute atomic E-state index is 0.0311. The van der Waals surface area contributed by atoms with Gasteiger partial charge < -0.3 is 40.6 Å². The number of hydrogen-bond donors (Lipinski definition) is 6. The van der Waals surface area contributed by atoms with E-state index in [4.69, 9.17) is 30.0 Å². The number of aromatic carboxylic acids is 1. The van der Waals surface area contributed by atoms with Gasteiger partial charge in [0.1, 0.15) is 24.7 Å². The summed E-state index contributed by atoms with van der Waals surface area (Å²) in [7, 11) is -4.51. The van der Waals surface area contributed by atoms with Crippen LogP contribution >= 0.6 is 11.3 Å². The number of rotatable bonds is 33. The van der Waals surface area contributed by atoms with E-state index >= 15 is 0 Å². The van der Waals surface area contributed by atoms with Gasteiger partial charge in [0.05, 0.1) is 58.3 Å². The van der Waals surface area contributed by atoms with Crippen LogP contribution in [0.2, 0.25) is 0 Å². The van der Waals surface area contributed by atoms with Crippen LogP contribution < -0.4 is 31.3 Å². The molecule has 2 unspecified atom stereocenters. The van der Waals surface area contributed by atoms with Crippen LogP contribution in [0.5, 0.6) is 5.75 Å². The molecule has 12 rings (SSSR count). The van der Waals surface area contributed by atoms with Crippen molar-refractivity contribution >= 4 is 95.9 Å². The number of ether oxygens (including phenoxy) is 3. The summed E-state index contributed by atoms with van der Waals surface area (Å²) < 4.78 is 55.6. The maximum Gasteiger partial charge on any atom is 0.410 e. The lowest BCUT2D eigenvalue weighted by Gasteiger charge is -2.69. The third-order valence-electron chi connectivity index (χ3n) is 20.4. The molecule has 4 atom stereocenters. The Kier molecular flexibility index (Phi) is 22.7. The molecule has 0 radical (unpaired) electrons. The monoisotopic (exact) mass is 1450 g/mol. The quantitative estimate of drug-likeness (QED) is 0.0127. The second kappa shape index (κ2) is 31.3. The molecule has 3 aromatic heterocycles. The second-order valence-corrected chi connectivity index (χ2v) is 32.0. The maximum atomic E-state index is 14.0. The molecule has 29 heteroatoms. The highest BCUT2D eigenvalue weighted by atomic mass is 32.2. The molecular formula is C74H89N11O16S2. The zero-order valence-corrected chi connectivity index (χ0v) is 60.2. The van der Waals surface area contributed by atoms with Crippen molar-refractivity contribution in [3.8, 4) is 28.1 Å². The number of nitrogens with one attached hydrogen (secondary N) is 3. The summed E-state index contributed by atoms with van der Waals surface area (Å²) in [6.07, 6.45) is 10.4. The molecule has 6 aromatic rings. The van der Waals surface area contributed by atoms with E-state index in [2.05, 4.69) is 34.8 Å². The van der Waals surface area contributed by atoms with Crippen LogP contribution in [0.1, 0.15) is 138 Å². The van der Waals surface area contributed by atoms with Crippen LogP contribution in [-0.2, 0) is 63.1 Å². The number of thiazole rings is 1. The van der Waals surface area contributed by atoms with Gasteiger partial charge in [0.2, 0.25) is 5.91 Å². The highest BCUT2D eigenvalue weighted by molar-refractivity contribution is 7.85. The molecule has 4 aliphatic carbocycles. The number of ketones is 2. The Bertz CT molecular complexity index is 4330. The molecule has 4 bridgehead atoms. The Hall–Kier alpha value is -9.45. The van der Waals surface area contributed by atoms with Gasteiger partial charge >= 0.3 is 24.1 Å². The van der Waals surface area contributed by atoms with Gasteiger partial charge in [0, 0.05) is 92.4 Å². The van der Waals surface area contributed by atoms with Crippen molar-refractivity contribution in [3.63, 3.8) is 0 Å². The number of pyridine rings is 1. The van der Waals surface area contributed by atoms with Crippen LogP contribution in [-0.4, -0.2) is 164 Å². The van der Waals surface area contributed by atoms with Gasteiger partial charge in [0.15, 0.2) is 16.6 Å². The van der Waals surface area contributed by atoms with Crippen LogP contribution in [0, 0.1) is 35.0 Å². The number of aromatic nitrogens is 4. The SMILES string of the molecule is Cc1c(-c2ccc(-c3ccc4c(c3)N(C(=O)Nc3nc5ccccc5s3)CCO4)nc2C(=O)O)cnn1CC12CC3(C)CC(C)(C1)CC(OCCN(CCS(=O)(=O)O)C(=O)OCc1ccc(CC(=O)[C@H](CCCNC(N)=O)NC(=O)[C@@H](CC(=O)CCCCCN4C(=O)C=CC4=O)C(C)C)cc1)(C3)C2. The van der Waals surface area contributed by atoms with Crippen LogP contribution in [0.4, 0.5) is 25.2 Å². The molecule has 4 fully saturated rings. The first-order valence-electron chi connectivity index (χ1n) is 35.0. The van der Waals surface area contributed by atoms with Crippen molar-refractivity contribution < 1.29 is 75.4 Å². The zero-order chi connectivity index (χ0) is 73.6. The largest absolute Gasteiger partial charge is 0.490 e. The molecule has 3 aromatic carbocycles. The standard InChI is InChI=1S/C74H89N11O16S2/c1-46(2)53(36-51(86)12-7-6-10-27-84-62(88)24-25-63(84)89)65(90)79-56(14-11-26-76-67(75)93)59(87)34-48-16-18-49(19-17-48)38-100-70(95)82(30-33-103(96,97)98)28-32-101-74-42-71(4)39-72(5,43-74)41-73(40-71,44-74)45-85-47(3)54(37-77-85)52-21-22-55(78-64(52)66(91)92)50-20-23-60-58(35-50)83(29-31-99-60)69(94)81-68-80-57-13-8-9-15-61(57)102-68/h8-9,13,15-25,35,37,46,53,56H,6-7,10-12,14,26-34,36,38-45H2,1-5H3,(H,79,90)(H,91,92)(H3,75,76,93)(H,80,81,94)(H,96,97,98)/t53-,56-,71?,72?,73?,74?/m0/s1. The van der Waals surface area contributed by atoms with Crippen molar-refractivity contribution in [2.24, 2.45) is 33.8 Å². The molecule has 548 valence electrons. The number of anilines is 2. The number of Topliss-reactive ketones (excluding diaryl/α,β-unsaturated/α-hetero) is 2. The van der Waals surface area contributed by atoms with E-state index in [1.165, 1.54) is 28.4 Å². The number of amides is 8. The van der Waals surface area contributed by atoms with Crippen molar-refractivity contribution in [2.45, 2.75) is 149 Å². The number of nitrogens with two attached hydrogens (primary N) is 1. The fourth-order valence-corrected chi connectivity index (χ4v) is 18.0. The molecule has 4 saturated carbocycles. The Morgan fingerprint density at radius 3 is 2.27 bits per heavy atom. The predicted molar refractivity (Wildman–Crippen MR) is 383 cm³/mol. The Morgan fingerprint density at radius 2 is 1.57 bits per heavy atom. The Labute approximate surface area is 601 Å². The average Bonchev–Trinajstić information content (AvgIpc) is 0.978. The molecule has 6 aliphatic rings. The van der Waals surface area contributed by atoms with E-state index in [1.54, 1.807) is 65.7 Å². The first-order chi connectivity index (χ1) is 49.0. The van der Waals surface area contributed by atoms with Crippen molar-refractivity contribution in [3.05, 3.63) is 120 Å². The molecule has 103 heavy (non-hydrogen) atoms. The summed E-state index contributed by atoms with van der Waals surface area (Å²) in [5.74, 6) is -4.13. The summed E-state index contributed by atoms with van der Waals surface area (Å²) in [4.78, 5) is 130. The van der Waals surface area contributed by atoms with E-state index < -0.39 is 57.4 Å². The summed E-state index contributed by atoms with van der Waals surface area (Å²) >= 11 is 1.37. The molecule has 2 aliphatic heterocycles. The summed E-state index contributed by atoms with van der Waals surface area (Å²) in [5.41, 5.74) is 9.06. The number of carbonyl (C=O) groups is 9. The van der Waals surface area contributed by atoms with Crippen molar-refractivity contribution in [1.82, 2.24) is 40.2 Å². The molecular weight excluding hydrogens is 1360 g/mol. The number of unbranched alkanes of at least 4 members (excludes halogenated alkanes) is 2. The van der Waals surface area contributed by atoms with Gasteiger partial charge in [-0.05, 0) is 147 Å². The van der Waals surface area contributed by atoms with E-state index in [0.29, 0.717) is 88.7 Å². The lowest BCUT2D eigenvalue weighted by molar-refractivity contribution is -0.248. The van der Waals surface area contributed by atoms with Crippen LogP contribution in [0.3, 0.4) is 0 Å². The minimum Gasteiger partial charge on any atom is -0.490 e. The first kappa shape index (κ1) is 74.7. The fraction of sp³-hybridized carbons (Fsp3) is 0.486. The number of carboxylic acids is 1. The highest BCUT2D eigenvalue weighted by Crippen LogP contribution is 2.72. The number of hydrogen-bond acceptors (Lipinski definition) is 18. The van der Waals surface area contributed by atoms with E-state index in [-0.39, 0.29) is 135 Å². The van der Waals surface area contributed by atoms with Gasteiger partial charge in [-0.3, -0.25) is 48.3 Å². The number of carbonyl (C=O) groups excluding carboxylic acids is 8. The molecule has 8 amide bonds. The molecule has 27 nitrogen and oxygen atoms in total. The number of nitrogens with zero attached hydrogens (tertiary/aromatic N) is 7. The number of para-hydroxylation sites is 1. The van der Waals surface area contributed by atoms with Gasteiger partial charge in [-0.15, -0.1) is 0 Å². The Balaban J connectivity index is 0.703. The highest BCUT2D eigenvalue weighted by Gasteiger charge is 2.66. The topological polar surface area (TPSA) is 371 Å². The molecule has 0 spiro atoms. The predicted octanol–water partition coefficient (Wildman–Crippen LogP) is 10.1. The summed E-state index contributed by atoms with van der Waals surface area (Å²) in [5, 5.41) is 24.4. The lowest BCUT2D eigenvalue weighted by Crippen LogP contribution is -2.64. The lowest BCUT2D eigenvalue weighted by atomic mass is 9.39. The van der Waals surface area contributed by atoms with Crippen molar-refractivity contribution in [2.75, 3.05) is 61.9 Å². The van der Waals surface area contributed by atoms with Gasteiger partial charge in [-0.1, -0.05) is 81.9 Å². The number of benzene rings is 3. The number of urea groups is 2. The van der Waals surface area contributed by atoms with E-state index in [1.807, 2.05) is 49.7 Å². The summed E-state index contributed by atoms with van der Waals surface area (Å²) in [6, 6.07) is 21.0. The Morgan fingerprint density at radius 1 is 0.845 bits per heavy atom. The fourth-order valence-electron chi connectivity index (χ4n) is 16.7. The smallest absolute Gasteiger partial charge is 0.410 e. The van der Waals surface area contributed by atoms with E-state index in [9.17, 15) is 61.2 Å². The van der Waals surface area contributed by atoms with Crippen LogP contribution in [0.15, 0.2) is 97.2 Å². The third kappa shape index (κ3) is 18.3. The second-order valence-electron chi connectivity index (χ2n) is 29.4. The minimum atomic E-state index is -4.51. The van der Waals surface area contributed by atoms with E-state index in [0.717, 1.165) is 52.9 Å². The van der Waals surface area contributed by atoms with Crippen molar-refractivity contribution in [1.29, 1.82) is 0 Å². The number of carboxylic acid groups (broad SMARTS) is 1. The average molecular weight is 1450 g/mol. The zero-order valence-electron chi connectivity index (χ0n) is 58.6. The van der Waals surface area contributed by atoms with Crippen LogP contribution in [0.25, 0.3) is 32.6 Å². The first-order valence-corrected chi connectivity index (χ1v) is 37.4. The summed E-state index contributed by atoms with van der Waals surface area (Å²) in [6.45, 7) is 11.0. The molecule has 7 N–H and O–H groups in total. The maximum absolute atomic E-state index is 14.0. The molecule has 5 heterocycles. The third-order valence-corrected chi connectivity index (χ3v) is 22.1. The normalized spacial score (nSPS) is 20.9. The number of imide groups is 1. The van der Waals surface area contributed by atoms with Gasteiger partial charge in [-0.25, -0.2) is 29.1 Å². The van der Waals surface area contributed by atoms with Gasteiger partial charge in [0.25, 0.3) is 21.9 Å². The molecule has 0 saturated heterocycles. The number of fused-ring (bicyclic) bond motifs is 2. The van der Waals surface area contributed by atoms with Gasteiger partial charge in [-0.2, -0.15) is 13.5 Å². The number of primary amides is 1.